The van der Waals surface area contributed by atoms with Gasteiger partial charge < -0.3 is 10.4 Å². The van der Waals surface area contributed by atoms with Gasteiger partial charge in [-0.1, -0.05) is 35.6 Å². The molecule has 1 aromatic heterocycles. The number of hydrogen-bond donors (Lipinski definition) is 2. The lowest BCUT2D eigenvalue weighted by Gasteiger charge is -2.24. The number of allylic oxidation sites excluding steroid dienone is 2. The summed E-state index contributed by atoms with van der Waals surface area (Å²) in [5.41, 5.74) is 0.0134. The van der Waals surface area contributed by atoms with Crippen LogP contribution in [0.3, 0.4) is 0 Å². The summed E-state index contributed by atoms with van der Waals surface area (Å²) >= 11 is 0. The van der Waals surface area contributed by atoms with Crippen molar-refractivity contribution < 1.29 is 14.7 Å². The largest absolute Gasteiger partial charge is 0.480 e. The fourth-order valence-electron chi connectivity index (χ4n) is 2.70. The summed E-state index contributed by atoms with van der Waals surface area (Å²) in [7, 11) is 0. The molecule has 0 bridgehead atoms. The van der Waals surface area contributed by atoms with Crippen LogP contribution in [0.5, 0.6) is 0 Å². The molecule has 0 saturated carbocycles. The zero-order chi connectivity index (χ0) is 17.2. The number of nitrogens with one attached hydrogen (secondary N) is 1. The molecular formula is C17H18N4O3. The molecule has 0 spiro atoms. The van der Waals surface area contributed by atoms with Crippen LogP contribution in [0.4, 0.5) is 0 Å². The lowest BCUT2D eigenvalue weighted by atomic mass is 9.84. The highest BCUT2D eigenvalue weighted by Gasteiger charge is 2.46. The molecule has 1 unspecified atom stereocenters. The Balaban J connectivity index is 1.73. The molecule has 0 saturated heterocycles. The quantitative estimate of drug-likeness (QED) is 0.646. The molecule has 3 rings (SSSR count). The van der Waals surface area contributed by atoms with E-state index in [1.54, 1.807) is 30.0 Å². The maximum atomic E-state index is 12.5. The van der Waals surface area contributed by atoms with Gasteiger partial charge in [-0.3, -0.25) is 9.59 Å². The molecule has 1 amide bonds. The first kappa shape index (κ1) is 15.9. The molecule has 1 aromatic carbocycles. The molecule has 24 heavy (non-hydrogen) atoms. The molecule has 7 nitrogen and oxygen atoms in total. The second kappa shape index (κ2) is 6.27. The average molecular weight is 326 g/mol. The third-order valence-electron chi connectivity index (χ3n) is 4.27. The van der Waals surface area contributed by atoms with Crippen LogP contribution in [-0.2, 0) is 9.59 Å². The molecule has 124 valence electrons. The summed E-state index contributed by atoms with van der Waals surface area (Å²) in [5.74, 6) is -1.60. The first-order valence-corrected chi connectivity index (χ1v) is 7.70. The molecule has 1 aliphatic rings. The second-order valence-electron chi connectivity index (χ2n) is 5.89. The molecule has 0 aliphatic heterocycles. The van der Waals surface area contributed by atoms with Crippen molar-refractivity contribution in [1.29, 1.82) is 0 Å². The van der Waals surface area contributed by atoms with E-state index in [-0.39, 0.29) is 12.8 Å². The molecule has 7 heteroatoms. The summed E-state index contributed by atoms with van der Waals surface area (Å²) in [6.07, 6.45) is 5.59. The van der Waals surface area contributed by atoms with Crippen molar-refractivity contribution in [3.8, 4) is 5.69 Å². The fourth-order valence-corrected chi connectivity index (χ4v) is 2.70. The Kier molecular flexibility index (Phi) is 4.16. The summed E-state index contributed by atoms with van der Waals surface area (Å²) < 4.78 is 1.61. The molecule has 1 atom stereocenters. The minimum Gasteiger partial charge on any atom is -0.480 e. The minimum absolute atomic E-state index is 0.206. The Morgan fingerprint density at radius 2 is 1.92 bits per heavy atom. The van der Waals surface area contributed by atoms with Gasteiger partial charge in [0, 0.05) is 0 Å². The first-order chi connectivity index (χ1) is 11.5. The predicted octanol–water partition coefficient (Wildman–Crippen LogP) is 1.87. The SMILES string of the molecule is CC(NC(=O)C1(C(=O)O)CC=CC1)c1cn(-c2ccccc2)nn1. The molecule has 0 radical (unpaired) electrons. The highest BCUT2D eigenvalue weighted by atomic mass is 16.4. The van der Waals surface area contributed by atoms with E-state index in [9.17, 15) is 14.7 Å². The van der Waals surface area contributed by atoms with Gasteiger partial charge >= 0.3 is 5.97 Å². The molecule has 1 heterocycles. The number of amides is 1. The molecule has 2 aromatic rings. The van der Waals surface area contributed by atoms with Gasteiger partial charge in [-0.15, -0.1) is 5.10 Å². The van der Waals surface area contributed by atoms with Crippen LogP contribution in [0, 0.1) is 5.41 Å². The van der Waals surface area contributed by atoms with Crippen molar-refractivity contribution in [3.63, 3.8) is 0 Å². The van der Waals surface area contributed by atoms with Gasteiger partial charge in [0.15, 0.2) is 5.41 Å². The lowest BCUT2D eigenvalue weighted by Crippen LogP contribution is -2.45. The van der Waals surface area contributed by atoms with Crippen molar-refractivity contribution >= 4 is 11.9 Å². The van der Waals surface area contributed by atoms with Crippen molar-refractivity contribution in [2.45, 2.75) is 25.8 Å². The molecule has 2 N–H and O–H groups in total. The summed E-state index contributed by atoms with van der Waals surface area (Å²) in [5, 5.41) is 20.3. The van der Waals surface area contributed by atoms with Gasteiger partial charge in [0.05, 0.1) is 17.9 Å². The average Bonchev–Trinajstić information content (AvgIpc) is 3.26. The van der Waals surface area contributed by atoms with Crippen molar-refractivity contribution in [1.82, 2.24) is 20.3 Å². The van der Waals surface area contributed by atoms with Gasteiger partial charge in [-0.2, -0.15) is 0 Å². The van der Waals surface area contributed by atoms with E-state index in [4.69, 9.17) is 0 Å². The number of rotatable bonds is 5. The highest BCUT2D eigenvalue weighted by Crippen LogP contribution is 2.34. The maximum absolute atomic E-state index is 12.5. The van der Waals surface area contributed by atoms with Crippen LogP contribution in [-0.4, -0.2) is 32.0 Å². The van der Waals surface area contributed by atoms with Gasteiger partial charge in [0.1, 0.15) is 5.69 Å². The van der Waals surface area contributed by atoms with Crippen molar-refractivity contribution in [2.75, 3.05) is 0 Å². The fraction of sp³-hybridized carbons (Fsp3) is 0.294. The minimum atomic E-state index is -1.41. The Labute approximate surface area is 139 Å². The monoisotopic (exact) mass is 326 g/mol. The van der Waals surface area contributed by atoms with Crippen LogP contribution in [0.1, 0.15) is 31.5 Å². The van der Waals surface area contributed by atoms with Crippen LogP contribution in [0.25, 0.3) is 5.69 Å². The standard InChI is InChI=1S/C17H18N4O3/c1-12(18-15(22)17(16(23)24)9-5-6-10-17)14-11-21(20-19-14)13-7-3-2-4-8-13/h2-8,11-12H,9-10H2,1H3,(H,18,22)(H,23,24). The van der Waals surface area contributed by atoms with Gasteiger partial charge in [-0.05, 0) is 31.9 Å². The normalized spacial score (nSPS) is 16.7. The van der Waals surface area contributed by atoms with E-state index < -0.39 is 23.3 Å². The molecule has 1 aliphatic carbocycles. The van der Waals surface area contributed by atoms with E-state index >= 15 is 0 Å². The Bertz CT molecular complexity index is 774. The van der Waals surface area contributed by atoms with Crippen LogP contribution < -0.4 is 5.32 Å². The number of aliphatic carboxylic acids is 1. The van der Waals surface area contributed by atoms with Gasteiger partial charge in [-0.25, -0.2) is 4.68 Å². The number of benzene rings is 1. The van der Waals surface area contributed by atoms with E-state index in [0.29, 0.717) is 5.69 Å². The Morgan fingerprint density at radius 1 is 1.25 bits per heavy atom. The second-order valence-corrected chi connectivity index (χ2v) is 5.89. The Hall–Kier alpha value is -2.96. The van der Waals surface area contributed by atoms with E-state index in [2.05, 4.69) is 15.6 Å². The molecule has 0 fully saturated rings. The topological polar surface area (TPSA) is 97.1 Å². The third-order valence-corrected chi connectivity index (χ3v) is 4.27. The zero-order valence-electron chi connectivity index (χ0n) is 13.2. The first-order valence-electron chi connectivity index (χ1n) is 7.70. The smallest absolute Gasteiger partial charge is 0.319 e. The number of hydrogen-bond acceptors (Lipinski definition) is 4. The number of carboxylic acids is 1. The summed E-state index contributed by atoms with van der Waals surface area (Å²) in [4.78, 5) is 24.0. The number of carbonyl (C=O) groups is 2. The lowest BCUT2D eigenvalue weighted by molar-refractivity contribution is -0.155. The van der Waals surface area contributed by atoms with Gasteiger partial charge in [0.25, 0.3) is 0 Å². The molecular weight excluding hydrogens is 308 g/mol. The number of aromatic nitrogens is 3. The summed E-state index contributed by atoms with van der Waals surface area (Å²) in [6, 6.07) is 9.05. The summed E-state index contributed by atoms with van der Waals surface area (Å²) in [6.45, 7) is 1.76. The van der Waals surface area contributed by atoms with Crippen LogP contribution in [0.2, 0.25) is 0 Å². The van der Waals surface area contributed by atoms with Crippen molar-refractivity contribution in [2.24, 2.45) is 5.41 Å². The van der Waals surface area contributed by atoms with E-state index in [1.807, 2.05) is 30.3 Å². The van der Waals surface area contributed by atoms with E-state index in [1.165, 1.54) is 0 Å². The Morgan fingerprint density at radius 3 is 2.54 bits per heavy atom. The zero-order valence-corrected chi connectivity index (χ0v) is 13.2. The highest BCUT2D eigenvalue weighted by molar-refractivity contribution is 6.02. The van der Waals surface area contributed by atoms with Crippen LogP contribution >= 0.6 is 0 Å². The van der Waals surface area contributed by atoms with Gasteiger partial charge in [0.2, 0.25) is 5.91 Å². The number of carboxylic acid groups (broad SMARTS) is 1. The number of nitrogens with zero attached hydrogens (tertiary/aromatic N) is 3. The maximum Gasteiger partial charge on any atom is 0.319 e. The van der Waals surface area contributed by atoms with Crippen molar-refractivity contribution in [3.05, 3.63) is 54.4 Å². The number of para-hydroxylation sites is 1. The number of carbonyl (C=O) groups excluding carboxylic acids is 1. The van der Waals surface area contributed by atoms with Crippen LogP contribution in [0.15, 0.2) is 48.7 Å². The van der Waals surface area contributed by atoms with E-state index in [0.717, 1.165) is 5.69 Å². The predicted molar refractivity (Wildman–Crippen MR) is 86.4 cm³/mol. The third kappa shape index (κ3) is 2.80.